The Balaban J connectivity index is 2.16. The number of nitrogens with two attached hydrogens (primary N) is 1. The second-order valence-electron chi connectivity index (χ2n) is 3.96. The molecule has 0 spiro atoms. The van der Waals surface area contributed by atoms with Crippen LogP contribution in [0.1, 0.15) is 10.4 Å². The number of pyridine rings is 1. The van der Waals surface area contributed by atoms with E-state index >= 15 is 0 Å². The first-order valence-corrected chi connectivity index (χ1v) is 6.99. The molecule has 4 N–H and O–H groups in total. The van der Waals surface area contributed by atoms with Gasteiger partial charge >= 0.3 is 0 Å². The van der Waals surface area contributed by atoms with Gasteiger partial charge in [-0.25, -0.2) is 13.6 Å². The largest absolute Gasteiger partial charge is 0.506 e. The molecule has 0 saturated carbocycles. The van der Waals surface area contributed by atoms with E-state index < -0.39 is 15.9 Å². The molecule has 1 amide bonds. The van der Waals surface area contributed by atoms with Crippen LogP contribution < -0.4 is 10.5 Å². The van der Waals surface area contributed by atoms with Crippen LogP contribution >= 0.6 is 0 Å². The number of carbonyl (C=O) groups is 1. The van der Waals surface area contributed by atoms with E-state index in [9.17, 15) is 18.3 Å². The van der Waals surface area contributed by atoms with Crippen LogP contribution in [0.2, 0.25) is 0 Å². The standard InChI is InChI=1S/C12H11N3O4S/c13-20(18,19)11-3-1-9(2-4-11)15-12(17)8-5-10(16)7-14-6-8/h1-7,16H,(H,15,17)(H2,13,18,19). The van der Waals surface area contributed by atoms with Crippen molar-refractivity contribution in [2.75, 3.05) is 5.32 Å². The van der Waals surface area contributed by atoms with Crippen molar-refractivity contribution in [2.45, 2.75) is 4.90 Å². The summed E-state index contributed by atoms with van der Waals surface area (Å²) in [6.07, 6.45) is 2.51. The molecule has 0 radical (unpaired) electrons. The number of aromatic nitrogens is 1. The van der Waals surface area contributed by atoms with E-state index in [0.717, 1.165) is 0 Å². The van der Waals surface area contributed by atoms with Gasteiger partial charge in [-0.05, 0) is 30.3 Å². The summed E-state index contributed by atoms with van der Waals surface area (Å²) in [7, 11) is -3.76. The van der Waals surface area contributed by atoms with E-state index in [2.05, 4.69) is 10.3 Å². The van der Waals surface area contributed by atoms with Gasteiger partial charge < -0.3 is 10.4 Å². The first-order chi connectivity index (χ1) is 9.36. The zero-order chi connectivity index (χ0) is 14.8. The number of rotatable bonds is 3. The van der Waals surface area contributed by atoms with Gasteiger partial charge in [0, 0.05) is 11.9 Å². The molecule has 0 aliphatic heterocycles. The fourth-order valence-corrected chi connectivity index (χ4v) is 2.00. The second kappa shape index (κ2) is 5.27. The predicted molar refractivity (Wildman–Crippen MR) is 71.7 cm³/mol. The van der Waals surface area contributed by atoms with Crippen molar-refractivity contribution in [3.05, 3.63) is 48.3 Å². The van der Waals surface area contributed by atoms with E-state index in [1.807, 2.05) is 0 Å². The van der Waals surface area contributed by atoms with Crippen molar-refractivity contribution >= 4 is 21.6 Å². The summed E-state index contributed by atoms with van der Waals surface area (Å²) < 4.78 is 22.2. The summed E-state index contributed by atoms with van der Waals surface area (Å²) in [5, 5.41) is 16.7. The maximum absolute atomic E-state index is 11.8. The van der Waals surface area contributed by atoms with Gasteiger partial charge in [0.1, 0.15) is 5.75 Å². The number of sulfonamides is 1. The van der Waals surface area contributed by atoms with Crippen molar-refractivity contribution in [2.24, 2.45) is 5.14 Å². The predicted octanol–water partition coefficient (Wildman–Crippen LogP) is 0.687. The highest BCUT2D eigenvalue weighted by atomic mass is 32.2. The van der Waals surface area contributed by atoms with Crippen molar-refractivity contribution in [3.63, 3.8) is 0 Å². The van der Waals surface area contributed by atoms with Crippen molar-refractivity contribution < 1.29 is 18.3 Å². The summed E-state index contributed by atoms with van der Waals surface area (Å²) in [5.41, 5.74) is 0.575. The van der Waals surface area contributed by atoms with Gasteiger partial charge in [-0.2, -0.15) is 0 Å². The highest BCUT2D eigenvalue weighted by Crippen LogP contribution is 2.15. The molecule has 2 aromatic rings. The highest BCUT2D eigenvalue weighted by molar-refractivity contribution is 7.89. The number of aromatic hydroxyl groups is 1. The molecule has 20 heavy (non-hydrogen) atoms. The number of benzene rings is 1. The Hall–Kier alpha value is -2.45. The SMILES string of the molecule is NS(=O)(=O)c1ccc(NC(=O)c2cncc(O)c2)cc1. The molecule has 2 rings (SSSR count). The molecule has 0 fully saturated rings. The number of anilines is 1. The lowest BCUT2D eigenvalue weighted by atomic mass is 10.2. The molecule has 1 aromatic carbocycles. The summed E-state index contributed by atoms with van der Waals surface area (Å²) in [6.45, 7) is 0. The minimum atomic E-state index is -3.76. The van der Waals surface area contributed by atoms with Gasteiger partial charge in [0.05, 0.1) is 16.7 Å². The highest BCUT2D eigenvalue weighted by Gasteiger charge is 2.10. The number of amides is 1. The van der Waals surface area contributed by atoms with Crippen LogP contribution in [0.3, 0.4) is 0 Å². The van der Waals surface area contributed by atoms with Crippen molar-refractivity contribution in [1.82, 2.24) is 4.98 Å². The van der Waals surface area contributed by atoms with E-state index in [0.29, 0.717) is 5.69 Å². The molecule has 7 nitrogen and oxygen atoms in total. The Labute approximate surface area is 115 Å². The molecule has 0 aliphatic carbocycles. The van der Waals surface area contributed by atoms with Crippen LogP contribution in [-0.2, 0) is 10.0 Å². The summed E-state index contributed by atoms with van der Waals surface area (Å²) >= 11 is 0. The maximum Gasteiger partial charge on any atom is 0.257 e. The molecule has 8 heteroatoms. The van der Waals surface area contributed by atoms with Gasteiger partial charge in [0.25, 0.3) is 5.91 Å². The number of nitrogens with zero attached hydrogens (tertiary/aromatic N) is 1. The molecule has 1 aromatic heterocycles. The molecule has 0 atom stereocenters. The zero-order valence-electron chi connectivity index (χ0n) is 10.1. The zero-order valence-corrected chi connectivity index (χ0v) is 11.0. The lowest BCUT2D eigenvalue weighted by Gasteiger charge is -2.06. The molecule has 1 heterocycles. The first kappa shape index (κ1) is 14.0. The van der Waals surface area contributed by atoms with Crippen molar-refractivity contribution in [3.8, 4) is 5.75 Å². The smallest absolute Gasteiger partial charge is 0.257 e. The maximum atomic E-state index is 11.8. The lowest BCUT2D eigenvalue weighted by molar-refractivity contribution is 0.102. The van der Waals surface area contributed by atoms with Crippen LogP contribution in [0.25, 0.3) is 0 Å². The minimum absolute atomic E-state index is 0.0467. The van der Waals surface area contributed by atoms with Crippen LogP contribution in [0.5, 0.6) is 5.75 Å². The van der Waals surface area contributed by atoms with Gasteiger partial charge in [0.2, 0.25) is 10.0 Å². The van der Waals surface area contributed by atoms with Gasteiger partial charge in [-0.1, -0.05) is 0 Å². The quantitative estimate of drug-likeness (QED) is 0.768. The fourth-order valence-electron chi connectivity index (χ4n) is 1.48. The molecule has 0 unspecified atom stereocenters. The number of primary sulfonamides is 1. The Kier molecular flexibility index (Phi) is 3.68. The molecular weight excluding hydrogens is 282 g/mol. The summed E-state index contributed by atoms with van der Waals surface area (Å²) in [5.74, 6) is -0.598. The van der Waals surface area contributed by atoms with Crippen molar-refractivity contribution in [1.29, 1.82) is 0 Å². The number of hydrogen-bond acceptors (Lipinski definition) is 5. The molecule has 104 valence electrons. The summed E-state index contributed by atoms with van der Waals surface area (Å²) in [4.78, 5) is 15.5. The number of hydrogen-bond donors (Lipinski definition) is 3. The van der Waals surface area contributed by atoms with Crippen LogP contribution in [0, 0.1) is 0 Å². The first-order valence-electron chi connectivity index (χ1n) is 5.44. The fraction of sp³-hybridized carbons (Fsp3) is 0. The average Bonchev–Trinajstić information content (AvgIpc) is 2.38. The van der Waals surface area contributed by atoms with Gasteiger partial charge in [-0.15, -0.1) is 0 Å². The normalized spacial score (nSPS) is 11.1. The van der Waals surface area contributed by atoms with E-state index in [1.165, 1.54) is 42.7 Å². The molecular formula is C12H11N3O4S. The van der Waals surface area contributed by atoms with Crippen LogP contribution in [0.15, 0.2) is 47.6 Å². The monoisotopic (exact) mass is 293 g/mol. The third-order valence-corrected chi connectivity index (χ3v) is 3.36. The number of nitrogens with one attached hydrogen (secondary N) is 1. The topological polar surface area (TPSA) is 122 Å². The van der Waals surface area contributed by atoms with Gasteiger partial charge in [-0.3, -0.25) is 9.78 Å². The molecule has 0 saturated heterocycles. The lowest BCUT2D eigenvalue weighted by Crippen LogP contribution is -2.14. The Bertz CT molecular complexity index is 742. The van der Waals surface area contributed by atoms with E-state index in [-0.39, 0.29) is 16.2 Å². The molecule has 0 bridgehead atoms. The Morgan fingerprint density at radius 3 is 2.40 bits per heavy atom. The Morgan fingerprint density at radius 2 is 1.85 bits per heavy atom. The van der Waals surface area contributed by atoms with Crippen LogP contribution in [-0.4, -0.2) is 24.4 Å². The Morgan fingerprint density at radius 1 is 1.20 bits per heavy atom. The minimum Gasteiger partial charge on any atom is -0.506 e. The van der Waals surface area contributed by atoms with E-state index in [4.69, 9.17) is 5.14 Å². The third-order valence-electron chi connectivity index (χ3n) is 2.43. The average molecular weight is 293 g/mol. The van der Waals surface area contributed by atoms with Gasteiger partial charge in [0.15, 0.2) is 0 Å². The van der Waals surface area contributed by atoms with E-state index in [1.54, 1.807) is 0 Å². The second-order valence-corrected chi connectivity index (χ2v) is 5.52. The molecule has 0 aliphatic rings. The summed E-state index contributed by atoms with van der Waals surface area (Å²) in [6, 6.07) is 6.65. The third kappa shape index (κ3) is 3.31. The van der Waals surface area contributed by atoms with Crippen LogP contribution in [0.4, 0.5) is 5.69 Å². The number of carbonyl (C=O) groups excluding carboxylic acids is 1.